The van der Waals surface area contributed by atoms with Crippen molar-refractivity contribution in [3.05, 3.63) is 0 Å². The van der Waals surface area contributed by atoms with Gasteiger partial charge in [-0.1, -0.05) is 26.2 Å². The summed E-state index contributed by atoms with van der Waals surface area (Å²) in [6.45, 7) is 2.59. The quantitative estimate of drug-likeness (QED) is 0.775. The molecule has 1 N–H and O–H groups in total. The minimum atomic E-state index is -0.884. The summed E-state index contributed by atoms with van der Waals surface area (Å²) in [4.78, 5) is 26.2. The third-order valence-corrected chi connectivity index (χ3v) is 3.68. The first kappa shape index (κ1) is 15.0. The van der Waals surface area contributed by atoms with Crippen molar-refractivity contribution in [1.82, 2.24) is 9.80 Å². The summed E-state index contributed by atoms with van der Waals surface area (Å²) in [6.07, 6.45) is 5.79. The van der Waals surface area contributed by atoms with E-state index < -0.39 is 5.97 Å². The molecule has 1 saturated carbocycles. The second-order valence-electron chi connectivity index (χ2n) is 4.99. The molecule has 5 nitrogen and oxygen atoms in total. The van der Waals surface area contributed by atoms with Crippen molar-refractivity contribution in [2.45, 2.75) is 45.1 Å². The highest BCUT2D eigenvalue weighted by molar-refractivity contribution is 5.79. The van der Waals surface area contributed by atoms with E-state index in [4.69, 9.17) is 5.11 Å². The lowest BCUT2D eigenvalue weighted by molar-refractivity contribution is -0.140. The van der Waals surface area contributed by atoms with Crippen LogP contribution in [0.25, 0.3) is 0 Å². The summed E-state index contributed by atoms with van der Waals surface area (Å²) in [7, 11) is 1.84. The van der Waals surface area contributed by atoms with Gasteiger partial charge in [0.1, 0.15) is 0 Å². The van der Waals surface area contributed by atoms with E-state index in [0.29, 0.717) is 12.6 Å². The molecule has 0 heterocycles. The van der Waals surface area contributed by atoms with Crippen LogP contribution in [0.3, 0.4) is 0 Å². The third kappa shape index (κ3) is 4.64. The van der Waals surface area contributed by atoms with Crippen molar-refractivity contribution in [2.75, 3.05) is 26.7 Å². The van der Waals surface area contributed by atoms with E-state index >= 15 is 0 Å². The normalized spacial score (nSPS) is 16.8. The maximum atomic E-state index is 12.1. The lowest BCUT2D eigenvalue weighted by atomic mass is 9.94. The van der Waals surface area contributed by atoms with Gasteiger partial charge in [-0.05, 0) is 19.4 Å². The molecule has 0 aliphatic heterocycles. The van der Waals surface area contributed by atoms with Crippen molar-refractivity contribution < 1.29 is 14.7 Å². The number of likely N-dealkylation sites (N-methyl/N-ethyl adjacent to an activating group) is 2. The molecule has 0 spiro atoms. The zero-order valence-electron chi connectivity index (χ0n) is 11.4. The van der Waals surface area contributed by atoms with Crippen LogP contribution in [0.1, 0.15) is 39.0 Å². The highest BCUT2D eigenvalue weighted by Crippen LogP contribution is 2.21. The molecular formula is C13H24N2O3. The number of aliphatic carboxylic acids is 1. The molecule has 1 rings (SSSR count). The van der Waals surface area contributed by atoms with Crippen molar-refractivity contribution in [3.8, 4) is 0 Å². The van der Waals surface area contributed by atoms with Crippen LogP contribution in [0, 0.1) is 0 Å². The zero-order chi connectivity index (χ0) is 13.5. The number of carbonyl (C=O) groups is 2. The fraction of sp³-hybridized carbons (Fsp3) is 0.846. The van der Waals surface area contributed by atoms with Gasteiger partial charge in [-0.25, -0.2) is 0 Å². The minimum absolute atomic E-state index is 0.0324. The molecule has 0 radical (unpaired) electrons. The number of hydrogen-bond acceptors (Lipinski definition) is 3. The monoisotopic (exact) mass is 256 g/mol. The highest BCUT2D eigenvalue weighted by Gasteiger charge is 2.23. The Morgan fingerprint density at radius 1 is 1.17 bits per heavy atom. The summed E-state index contributed by atoms with van der Waals surface area (Å²) in [5.74, 6) is -0.852. The predicted molar refractivity (Wildman–Crippen MR) is 69.4 cm³/mol. The van der Waals surface area contributed by atoms with Gasteiger partial charge < -0.3 is 10.0 Å². The summed E-state index contributed by atoms with van der Waals surface area (Å²) < 4.78 is 0. The van der Waals surface area contributed by atoms with Crippen LogP contribution < -0.4 is 0 Å². The second kappa shape index (κ2) is 7.36. The van der Waals surface area contributed by atoms with Crippen molar-refractivity contribution in [2.24, 2.45) is 0 Å². The van der Waals surface area contributed by atoms with Gasteiger partial charge in [-0.3, -0.25) is 14.5 Å². The Hall–Kier alpha value is -1.10. The molecule has 0 saturated heterocycles. The van der Waals surface area contributed by atoms with Gasteiger partial charge in [-0.15, -0.1) is 0 Å². The number of carboxylic acids is 1. The molecule has 5 heteroatoms. The van der Waals surface area contributed by atoms with Crippen molar-refractivity contribution >= 4 is 11.9 Å². The van der Waals surface area contributed by atoms with E-state index in [2.05, 4.69) is 0 Å². The molecule has 0 aromatic heterocycles. The molecule has 104 valence electrons. The molecule has 0 aromatic rings. The van der Waals surface area contributed by atoms with E-state index in [1.54, 1.807) is 4.90 Å². The Kier molecular flexibility index (Phi) is 6.12. The van der Waals surface area contributed by atoms with Gasteiger partial charge >= 0.3 is 5.97 Å². The van der Waals surface area contributed by atoms with E-state index in [0.717, 1.165) is 12.8 Å². The minimum Gasteiger partial charge on any atom is -0.480 e. The molecular weight excluding hydrogens is 232 g/mol. The van der Waals surface area contributed by atoms with E-state index in [-0.39, 0.29) is 19.0 Å². The molecule has 0 atom stereocenters. The molecule has 1 fully saturated rings. The summed E-state index contributed by atoms with van der Waals surface area (Å²) in [5, 5.41) is 8.75. The molecule has 0 aromatic carbocycles. The Balaban J connectivity index is 2.44. The number of rotatable bonds is 6. The summed E-state index contributed by atoms with van der Waals surface area (Å²) >= 11 is 0. The third-order valence-electron chi connectivity index (χ3n) is 3.68. The van der Waals surface area contributed by atoms with Crippen LogP contribution in [-0.2, 0) is 9.59 Å². The fourth-order valence-corrected chi connectivity index (χ4v) is 2.45. The van der Waals surface area contributed by atoms with Crippen LogP contribution in [0.5, 0.6) is 0 Å². The first-order chi connectivity index (χ1) is 8.54. The largest absolute Gasteiger partial charge is 0.480 e. The molecule has 1 aliphatic rings. The Labute approximate surface area is 109 Å². The summed E-state index contributed by atoms with van der Waals surface area (Å²) in [6, 6.07) is 0.342. The number of carbonyl (C=O) groups excluding carboxylic acids is 1. The molecule has 0 bridgehead atoms. The highest BCUT2D eigenvalue weighted by atomic mass is 16.4. The molecule has 0 unspecified atom stereocenters. The Morgan fingerprint density at radius 3 is 2.28 bits per heavy atom. The number of amides is 1. The molecule has 1 amide bonds. The number of carboxylic acid groups (broad SMARTS) is 1. The molecule has 1 aliphatic carbocycles. The lowest BCUT2D eigenvalue weighted by Crippen LogP contribution is -2.45. The molecule has 18 heavy (non-hydrogen) atoms. The lowest BCUT2D eigenvalue weighted by Gasteiger charge is -2.32. The average molecular weight is 256 g/mol. The van der Waals surface area contributed by atoms with Gasteiger partial charge in [0, 0.05) is 13.1 Å². The van der Waals surface area contributed by atoms with E-state index in [9.17, 15) is 9.59 Å². The topological polar surface area (TPSA) is 60.9 Å². The van der Waals surface area contributed by atoms with Crippen LogP contribution in [0.15, 0.2) is 0 Å². The maximum absolute atomic E-state index is 12.1. The Morgan fingerprint density at radius 2 is 1.78 bits per heavy atom. The smallest absolute Gasteiger partial charge is 0.317 e. The fourth-order valence-electron chi connectivity index (χ4n) is 2.45. The van der Waals surface area contributed by atoms with Crippen molar-refractivity contribution in [3.63, 3.8) is 0 Å². The van der Waals surface area contributed by atoms with Gasteiger partial charge in [0.2, 0.25) is 5.91 Å². The van der Waals surface area contributed by atoms with Gasteiger partial charge in [-0.2, -0.15) is 0 Å². The van der Waals surface area contributed by atoms with E-state index in [1.165, 1.54) is 19.3 Å². The predicted octanol–water partition coefficient (Wildman–Crippen LogP) is 1.18. The van der Waals surface area contributed by atoms with Crippen molar-refractivity contribution in [1.29, 1.82) is 0 Å². The van der Waals surface area contributed by atoms with Gasteiger partial charge in [0.05, 0.1) is 13.1 Å². The van der Waals surface area contributed by atoms with Crippen LogP contribution >= 0.6 is 0 Å². The van der Waals surface area contributed by atoms with Gasteiger partial charge in [0.25, 0.3) is 0 Å². The van der Waals surface area contributed by atoms with Crippen LogP contribution in [0.2, 0.25) is 0 Å². The summed E-state index contributed by atoms with van der Waals surface area (Å²) in [5.41, 5.74) is 0. The second-order valence-corrected chi connectivity index (χ2v) is 4.99. The number of hydrogen-bond donors (Lipinski definition) is 1. The first-order valence-electron chi connectivity index (χ1n) is 6.74. The van der Waals surface area contributed by atoms with E-state index in [1.807, 2.05) is 18.9 Å². The SMILES string of the molecule is CCN(CC(=O)O)CC(=O)N(C)C1CCCCC1. The zero-order valence-corrected chi connectivity index (χ0v) is 11.4. The van der Waals surface area contributed by atoms with Gasteiger partial charge in [0.15, 0.2) is 0 Å². The Bertz CT molecular complexity index is 288. The van der Waals surface area contributed by atoms with Crippen LogP contribution in [0.4, 0.5) is 0 Å². The number of nitrogens with zero attached hydrogens (tertiary/aromatic N) is 2. The average Bonchev–Trinajstić information content (AvgIpc) is 2.37. The standard InChI is InChI=1S/C13H24N2O3/c1-3-15(10-13(17)18)9-12(16)14(2)11-7-5-4-6-8-11/h11H,3-10H2,1-2H3,(H,17,18). The first-order valence-corrected chi connectivity index (χ1v) is 6.74. The van der Waals surface area contributed by atoms with Crippen LogP contribution in [-0.4, -0.2) is 59.5 Å². The maximum Gasteiger partial charge on any atom is 0.317 e.